The van der Waals surface area contributed by atoms with Crippen molar-refractivity contribution in [3.63, 3.8) is 0 Å². The molecule has 0 saturated heterocycles. The van der Waals surface area contributed by atoms with E-state index in [9.17, 15) is 10.1 Å². The Hall–Kier alpha value is -1.76. The van der Waals surface area contributed by atoms with Gasteiger partial charge in [-0.3, -0.25) is 10.1 Å². The summed E-state index contributed by atoms with van der Waals surface area (Å²) in [5, 5.41) is 15.8. The van der Waals surface area contributed by atoms with Crippen LogP contribution in [0.25, 0.3) is 21.1 Å². The number of aromatic nitrogens is 1. The van der Waals surface area contributed by atoms with E-state index in [0.29, 0.717) is 5.56 Å². The standard InChI is InChI=1S/C13H7ClN2O2S2/c14-9-4-3-8(6-11(9)16(17)18)10-7-20-13(15-10)12-2-1-5-19-12/h1-7H. The molecule has 3 rings (SSSR count). The molecule has 0 fully saturated rings. The largest absolute Gasteiger partial charge is 0.288 e. The first kappa shape index (κ1) is 13.2. The summed E-state index contributed by atoms with van der Waals surface area (Å²) < 4.78 is 0. The molecule has 0 atom stereocenters. The maximum Gasteiger partial charge on any atom is 0.288 e. The summed E-state index contributed by atoms with van der Waals surface area (Å²) in [6.07, 6.45) is 0. The molecule has 3 aromatic rings. The number of nitro groups is 1. The van der Waals surface area contributed by atoms with Crippen LogP contribution in [0.3, 0.4) is 0 Å². The minimum atomic E-state index is -0.488. The molecule has 100 valence electrons. The lowest BCUT2D eigenvalue weighted by molar-refractivity contribution is -0.384. The molecule has 0 radical (unpaired) electrons. The average molecular weight is 323 g/mol. The molecule has 0 spiro atoms. The molecule has 20 heavy (non-hydrogen) atoms. The Balaban J connectivity index is 2.02. The second kappa shape index (κ2) is 5.32. The van der Waals surface area contributed by atoms with E-state index in [-0.39, 0.29) is 10.7 Å². The third-order valence-electron chi connectivity index (χ3n) is 2.67. The van der Waals surface area contributed by atoms with Crippen molar-refractivity contribution in [2.75, 3.05) is 0 Å². The molecule has 4 nitrogen and oxygen atoms in total. The number of hydrogen-bond donors (Lipinski definition) is 0. The number of hydrogen-bond acceptors (Lipinski definition) is 5. The minimum Gasteiger partial charge on any atom is -0.258 e. The lowest BCUT2D eigenvalue weighted by atomic mass is 10.1. The fourth-order valence-electron chi connectivity index (χ4n) is 1.73. The molecule has 1 aromatic carbocycles. The van der Waals surface area contributed by atoms with Crippen molar-refractivity contribution in [2.45, 2.75) is 0 Å². The summed E-state index contributed by atoms with van der Waals surface area (Å²) in [5.74, 6) is 0. The number of rotatable bonds is 3. The van der Waals surface area contributed by atoms with E-state index in [1.165, 1.54) is 23.5 Å². The van der Waals surface area contributed by atoms with Crippen LogP contribution < -0.4 is 0 Å². The Kier molecular flexibility index (Phi) is 3.52. The van der Waals surface area contributed by atoms with Crippen molar-refractivity contribution in [1.29, 1.82) is 0 Å². The molecule has 7 heteroatoms. The fraction of sp³-hybridized carbons (Fsp3) is 0. The monoisotopic (exact) mass is 322 g/mol. The van der Waals surface area contributed by atoms with Crippen molar-refractivity contribution in [3.05, 3.63) is 56.2 Å². The summed E-state index contributed by atoms with van der Waals surface area (Å²) in [5.41, 5.74) is 1.31. The molecular weight excluding hydrogens is 316 g/mol. The maximum atomic E-state index is 10.9. The zero-order valence-electron chi connectivity index (χ0n) is 9.95. The highest BCUT2D eigenvalue weighted by molar-refractivity contribution is 7.20. The van der Waals surface area contributed by atoms with Crippen molar-refractivity contribution in [3.8, 4) is 21.1 Å². The third-order valence-corrected chi connectivity index (χ3v) is 4.88. The van der Waals surface area contributed by atoms with Crippen LogP contribution in [0.5, 0.6) is 0 Å². The molecule has 0 saturated carbocycles. The van der Waals surface area contributed by atoms with Gasteiger partial charge < -0.3 is 0 Å². The van der Waals surface area contributed by atoms with Gasteiger partial charge in [0.25, 0.3) is 5.69 Å². The van der Waals surface area contributed by atoms with Gasteiger partial charge in [-0.15, -0.1) is 22.7 Å². The second-order valence-corrected chi connectivity index (χ2v) is 6.15. The Labute approximate surface area is 127 Å². The van der Waals surface area contributed by atoms with Gasteiger partial charge in [0.15, 0.2) is 0 Å². The SMILES string of the molecule is O=[N+]([O-])c1cc(-c2csc(-c3cccs3)n2)ccc1Cl. The van der Waals surface area contributed by atoms with Crippen LogP contribution in [0.1, 0.15) is 0 Å². The van der Waals surface area contributed by atoms with Crippen molar-refractivity contribution in [1.82, 2.24) is 4.98 Å². The summed E-state index contributed by atoms with van der Waals surface area (Å²) in [6, 6.07) is 8.68. The topological polar surface area (TPSA) is 56.0 Å². The number of thiophene rings is 1. The molecule has 0 N–H and O–H groups in total. The van der Waals surface area contributed by atoms with E-state index in [0.717, 1.165) is 15.6 Å². The minimum absolute atomic E-state index is 0.102. The summed E-state index contributed by atoms with van der Waals surface area (Å²) in [4.78, 5) is 16.0. The van der Waals surface area contributed by atoms with Gasteiger partial charge in [-0.2, -0.15) is 0 Å². The van der Waals surface area contributed by atoms with Gasteiger partial charge in [0, 0.05) is 17.0 Å². The third kappa shape index (κ3) is 2.45. The van der Waals surface area contributed by atoms with Crippen molar-refractivity contribution >= 4 is 40.0 Å². The van der Waals surface area contributed by atoms with E-state index in [1.54, 1.807) is 17.4 Å². The van der Waals surface area contributed by atoms with Crippen LogP contribution in [-0.2, 0) is 0 Å². The van der Waals surface area contributed by atoms with Gasteiger partial charge in [-0.1, -0.05) is 23.7 Å². The first-order chi connectivity index (χ1) is 9.65. The summed E-state index contributed by atoms with van der Waals surface area (Å²) in [6.45, 7) is 0. The highest BCUT2D eigenvalue weighted by atomic mass is 35.5. The Morgan fingerprint density at radius 2 is 2.10 bits per heavy atom. The molecule has 0 amide bonds. The molecule has 0 unspecified atom stereocenters. The predicted molar refractivity (Wildman–Crippen MR) is 82.5 cm³/mol. The Bertz CT molecular complexity index is 769. The molecular formula is C13H7ClN2O2S2. The van der Waals surface area contributed by atoms with E-state index in [1.807, 2.05) is 22.9 Å². The highest BCUT2D eigenvalue weighted by Crippen LogP contribution is 2.34. The van der Waals surface area contributed by atoms with Gasteiger partial charge in [-0.25, -0.2) is 4.98 Å². The smallest absolute Gasteiger partial charge is 0.258 e. The van der Waals surface area contributed by atoms with Crippen LogP contribution in [0, 0.1) is 10.1 Å². The highest BCUT2D eigenvalue weighted by Gasteiger charge is 2.15. The number of thiazole rings is 1. The van der Waals surface area contributed by atoms with Gasteiger partial charge in [0.05, 0.1) is 15.5 Å². The fourth-order valence-corrected chi connectivity index (χ4v) is 3.56. The lowest BCUT2D eigenvalue weighted by Crippen LogP contribution is -1.90. The molecule has 0 aliphatic carbocycles. The van der Waals surface area contributed by atoms with Crippen molar-refractivity contribution in [2.24, 2.45) is 0 Å². The maximum absolute atomic E-state index is 10.9. The van der Waals surface area contributed by atoms with E-state index in [4.69, 9.17) is 11.6 Å². The number of nitrogens with zero attached hydrogens (tertiary/aromatic N) is 2. The quantitative estimate of drug-likeness (QED) is 0.498. The normalized spacial score (nSPS) is 10.7. The van der Waals surface area contributed by atoms with E-state index >= 15 is 0 Å². The number of halogens is 1. The predicted octanol–water partition coefficient (Wildman–Crippen LogP) is 5.10. The zero-order chi connectivity index (χ0) is 14.1. The van der Waals surface area contributed by atoms with Crippen LogP contribution >= 0.6 is 34.3 Å². The molecule has 0 aliphatic rings. The van der Waals surface area contributed by atoms with Crippen LogP contribution in [-0.4, -0.2) is 9.91 Å². The van der Waals surface area contributed by atoms with Gasteiger partial charge >= 0.3 is 0 Å². The lowest BCUT2D eigenvalue weighted by Gasteiger charge is -1.99. The molecule has 2 aromatic heterocycles. The van der Waals surface area contributed by atoms with Gasteiger partial charge in [-0.05, 0) is 17.5 Å². The van der Waals surface area contributed by atoms with Gasteiger partial charge in [0.1, 0.15) is 10.0 Å². The van der Waals surface area contributed by atoms with Crippen LogP contribution in [0.4, 0.5) is 5.69 Å². The molecule has 0 bridgehead atoms. The molecule has 2 heterocycles. The second-order valence-electron chi connectivity index (χ2n) is 3.94. The summed E-state index contributed by atoms with van der Waals surface area (Å²) >= 11 is 8.94. The van der Waals surface area contributed by atoms with Crippen LogP contribution in [0.2, 0.25) is 5.02 Å². The Morgan fingerprint density at radius 1 is 1.25 bits per heavy atom. The van der Waals surface area contributed by atoms with Crippen molar-refractivity contribution < 1.29 is 4.92 Å². The zero-order valence-corrected chi connectivity index (χ0v) is 12.3. The molecule has 0 aliphatic heterocycles. The first-order valence-electron chi connectivity index (χ1n) is 5.59. The van der Waals surface area contributed by atoms with E-state index in [2.05, 4.69) is 4.98 Å². The average Bonchev–Trinajstić information content (AvgIpc) is 3.09. The van der Waals surface area contributed by atoms with Gasteiger partial charge in [0.2, 0.25) is 0 Å². The first-order valence-corrected chi connectivity index (χ1v) is 7.72. The summed E-state index contributed by atoms with van der Waals surface area (Å²) in [7, 11) is 0. The number of benzene rings is 1. The van der Waals surface area contributed by atoms with E-state index < -0.39 is 4.92 Å². The number of nitro benzene ring substituents is 1. The Morgan fingerprint density at radius 3 is 2.80 bits per heavy atom. The van der Waals surface area contributed by atoms with Crippen LogP contribution in [0.15, 0.2) is 41.1 Å².